The summed E-state index contributed by atoms with van der Waals surface area (Å²) in [5, 5.41) is 23.0. The van der Waals surface area contributed by atoms with Crippen LogP contribution in [0.4, 0.5) is 4.79 Å². The van der Waals surface area contributed by atoms with Gasteiger partial charge in [0.15, 0.2) is 0 Å². The molecule has 33 heavy (non-hydrogen) atoms. The number of carbonyl (C=O) groups excluding carboxylic acids is 2. The lowest BCUT2D eigenvalue weighted by molar-refractivity contribution is -0.143. The van der Waals surface area contributed by atoms with Gasteiger partial charge in [0.05, 0.1) is 6.61 Å². The van der Waals surface area contributed by atoms with Crippen LogP contribution in [0.2, 0.25) is 0 Å². The van der Waals surface area contributed by atoms with E-state index in [-0.39, 0.29) is 36.7 Å². The maximum Gasteiger partial charge on any atom is 0.407 e. The molecule has 2 amide bonds. The average molecular weight is 453 g/mol. The summed E-state index contributed by atoms with van der Waals surface area (Å²) in [5.74, 6) is -1.22. The molecule has 2 aliphatic rings. The zero-order valence-corrected chi connectivity index (χ0v) is 18.2. The molecule has 0 heterocycles. The molecule has 0 saturated heterocycles. The Kier molecular flexibility index (Phi) is 6.93. The van der Waals surface area contributed by atoms with Crippen LogP contribution in [0.5, 0.6) is 0 Å². The Labute approximate surface area is 192 Å². The van der Waals surface area contributed by atoms with E-state index in [4.69, 9.17) is 14.9 Å². The SMILES string of the molecule is O=C(CC1CC(CNC(=O)OCC2c3ccccc3-c3ccccc32)C1)N[C@H](CO)C(=O)O. The largest absolute Gasteiger partial charge is 0.480 e. The molecule has 4 rings (SSSR count). The van der Waals surface area contributed by atoms with Crippen LogP contribution < -0.4 is 10.6 Å². The van der Waals surface area contributed by atoms with Gasteiger partial charge >= 0.3 is 12.1 Å². The number of hydrogen-bond acceptors (Lipinski definition) is 5. The quantitative estimate of drug-likeness (QED) is 0.463. The van der Waals surface area contributed by atoms with Gasteiger partial charge in [0.2, 0.25) is 5.91 Å². The number of aliphatic carboxylic acids is 1. The number of benzene rings is 2. The van der Waals surface area contributed by atoms with Crippen molar-refractivity contribution in [3.8, 4) is 11.1 Å². The van der Waals surface area contributed by atoms with Crippen molar-refractivity contribution in [2.24, 2.45) is 11.8 Å². The lowest BCUT2D eigenvalue weighted by Crippen LogP contribution is -2.45. The Morgan fingerprint density at radius 2 is 1.58 bits per heavy atom. The van der Waals surface area contributed by atoms with Crippen LogP contribution in [0.3, 0.4) is 0 Å². The van der Waals surface area contributed by atoms with Gasteiger partial charge in [-0.1, -0.05) is 48.5 Å². The lowest BCUT2D eigenvalue weighted by Gasteiger charge is -2.35. The number of alkyl carbamates (subject to hydrolysis) is 1. The second-order valence-corrected chi connectivity index (χ2v) is 8.75. The fourth-order valence-corrected chi connectivity index (χ4v) is 4.79. The van der Waals surface area contributed by atoms with Gasteiger partial charge in [0.1, 0.15) is 12.6 Å². The fraction of sp³-hybridized carbons (Fsp3) is 0.400. The van der Waals surface area contributed by atoms with Crippen molar-refractivity contribution in [2.75, 3.05) is 19.8 Å². The van der Waals surface area contributed by atoms with Gasteiger partial charge in [-0.05, 0) is 46.9 Å². The Bertz CT molecular complexity index is 988. The van der Waals surface area contributed by atoms with E-state index in [2.05, 4.69) is 34.9 Å². The minimum Gasteiger partial charge on any atom is -0.480 e. The first-order chi connectivity index (χ1) is 16.0. The van der Waals surface area contributed by atoms with Crippen molar-refractivity contribution in [3.63, 3.8) is 0 Å². The molecule has 1 fully saturated rings. The van der Waals surface area contributed by atoms with Crippen molar-refractivity contribution < 1.29 is 29.3 Å². The molecule has 4 N–H and O–H groups in total. The molecule has 8 nitrogen and oxygen atoms in total. The molecular weight excluding hydrogens is 424 g/mol. The molecule has 0 bridgehead atoms. The van der Waals surface area contributed by atoms with E-state index in [0.717, 1.165) is 24.0 Å². The summed E-state index contributed by atoms with van der Waals surface area (Å²) in [6.45, 7) is 0.102. The second-order valence-electron chi connectivity index (χ2n) is 8.75. The Balaban J connectivity index is 1.18. The monoisotopic (exact) mass is 452 g/mol. The van der Waals surface area contributed by atoms with Gasteiger partial charge in [0.25, 0.3) is 0 Å². The zero-order chi connectivity index (χ0) is 23.4. The van der Waals surface area contributed by atoms with Gasteiger partial charge in [-0.25, -0.2) is 9.59 Å². The van der Waals surface area contributed by atoms with E-state index in [9.17, 15) is 14.4 Å². The van der Waals surface area contributed by atoms with Gasteiger partial charge < -0.3 is 25.6 Å². The topological polar surface area (TPSA) is 125 Å². The Hall–Kier alpha value is -3.39. The number of hydrogen-bond donors (Lipinski definition) is 4. The number of fused-ring (bicyclic) bond motifs is 3. The first-order valence-corrected chi connectivity index (χ1v) is 11.2. The third-order valence-electron chi connectivity index (χ3n) is 6.50. The number of amides is 2. The number of carboxylic acids is 1. The summed E-state index contributed by atoms with van der Waals surface area (Å²) in [4.78, 5) is 35.0. The van der Waals surface area contributed by atoms with E-state index in [1.54, 1.807) is 0 Å². The molecule has 174 valence electrons. The van der Waals surface area contributed by atoms with Gasteiger partial charge in [-0.3, -0.25) is 4.79 Å². The summed E-state index contributed by atoms with van der Waals surface area (Å²) >= 11 is 0. The highest BCUT2D eigenvalue weighted by Gasteiger charge is 2.32. The number of aliphatic hydroxyl groups is 1. The molecule has 0 spiro atoms. The standard InChI is InChI=1S/C25H28N2O6/c28-13-22(24(30)31)27-23(29)11-15-9-16(10-15)12-26-25(32)33-14-21-19-7-3-1-5-17(19)18-6-2-4-8-20(18)21/h1-8,15-16,21-22,28H,9-14H2,(H,26,32)(H,27,29)(H,30,31)/t15?,16?,22-/m1/s1. The van der Waals surface area contributed by atoms with Crippen LogP contribution in [0.15, 0.2) is 48.5 Å². The molecule has 0 aliphatic heterocycles. The number of carboxylic acid groups (broad SMARTS) is 1. The van der Waals surface area contributed by atoms with Gasteiger partial charge in [-0.15, -0.1) is 0 Å². The van der Waals surface area contributed by atoms with E-state index >= 15 is 0 Å². The van der Waals surface area contributed by atoms with E-state index in [1.807, 2.05) is 24.3 Å². The highest BCUT2D eigenvalue weighted by Crippen LogP contribution is 2.44. The van der Waals surface area contributed by atoms with Gasteiger partial charge in [-0.2, -0.15) is 0 Å². The van der Waals surface area contributed by atoms with Crippen LogP contribution in [0.25, 0.3) is 11.1 Å². The number of carbonyl (C=O) groups is 3. The average Bonchev–Trinajstić information content (AvgIpc) is 3.11. The highest BCUT2D eigenvalue weighted by atomic mass is 16.5. The third kappa shape index (κ3) is 5.17. The minimum atomic E-state index is -1.27. The second kappa shape index (κ2) is 10.0. The first-order valence-electron chi connectivity index (χ1n) is 11.2. The molecule has 0 aromatic heterocycles. The number of ether oxygens (including phenoxy) is 1. The van der Waals surface area contributed by atoms with Crippen molar-refractivity contribution >= 4 is 18.0 Å². The lowest BCUT2D eigenvalue weighted by atomic mass is 9.73. The predicted octanol–water partition coefficient (Wildman–Crippen LogP) is 2.50. The van der Waals surface area contributed by atoms with Crippen molar-refractivity contribution in [3.05, 3.63) is 59.7 Å². The molecule has 2 aliphatic carbocycles. The Morgan fingerprint density at radius 3 is 2.15 bits per heavy atom. The van der Waals surface area contributed by atoms with E-state index in [1.165, 1.54) is 11.1 Å². The number of nitrogens with one attached hydrogen (secondary N) is 2. The normalized spacial score (nSPS) is 19.5. The van der Waals surface area contributed by atoms with Crippen LogP contribution in [0.1, 0.15) is 36.3 Å². The molecule has 2 aromatic carbocycles. The van der Waals surface area contributed by atoms with E-state index < -0.39 is 24.7 Å². The molecular formula is C25H28N2O6. The molecule has 1 saturated carbocycles. The molecule has 2 aromatic rings. The maximum atomic E-state index is 12.3. The highest BCUT2D eigenvalue weighted by molar-refractivity contribution is 5.83. The number of aliphatic hydroxyl groups excluding tert-OH is 1. The van der Waals surface area contributed by atoms with Crippen LogP contribution in [0, 0.1) is 11.8 Å². The molecule has 0 radical (unpaired) electrons. The fourth-order valence-electron chi connectivity index (χ4n) is 4.79. The summed E-state index contributed by atoms with van der Waals surface area (Å²) < 4.78 is 5.54. The van der Waals surface area contributed by atoms with Crippen LogP contribution in [-0.2, 0) is 14.3 Å². The summed E-state index contributed by atoms with van der Waals surface area (Å²) in [5.41, 5.74) is 4.69. The maximum absolute atomic E-state index is 12.3. The summed E-state index contributed by atoms with van der Waals surface area (Å²) in [6.07, 6.45) is 1.30. The third-order valence-corrected chi connectivity index (χ3v) is 6.50. The van der Waals surface area contributed by atoms with Crippen LogP contribution >= 0.6 is 0 Å². The van der Waals surface area contributed by atoms with E-state index in [0.29, 0.717) is 6.54 Å². The molecule has 8 heteroatoms. The van der Waals surface area contributed by atoms with Gasteiger partial charge in [0, 0.05) is 18.9 Å². The van der Waals surface area contributed by atoms with Crippen molar-refractivity contribution in [1.82, 2.24) is 10.6 Å². The van der Waals surface area contributed by atoms with Crippen molar-refractivity contribution in [1.29, 1.82) is 0 Å². The minimum absolute atomic E-state index is 0.0169. The zero-order valence-electron chi connectivity index (χ0n) is 18.2. The smallest absolute Gasteiger partial charge is 0.407 e. The van der Waals surface area contributed by atoms with Crippen LogP contribution in [-0.4, -0.2) is 54.0 Å². The first kappa shape index (κ1) is 22.8. The summed E-state index contributed by atoms with van der Waals surface area (Å²) in [6, 6.07) is 15.1. The van der Waals surface area contributed by atoms with Crippen molar-refractivity contribution in [2.45, 2.75) is 31.2 Å². The Morgan fingerprint density at radius 1 is 0.970 bits per heavy atom. The predicted molar refractivity (Wildman–Crippen MR) is 121 cm³/mol. The molecule has 0 unspecified atom stereocenters. The summed E-state index contributed by atoms with van der Waals surface area (Å²) in [7, 11) is 0. The number of rotatable bonds is 9. The molecule has 1 atom stereocenters.